The molecule has 0 aromatic rings. The third-order valence-corrected chi connectivity index (χ3v) is 2.17. The summed E-state index contributed by atoms with van der Waals surface area (Å²) < 4.78 is 35.2. The molecule has 4 amide bonds. The highest BCUT2D eigenvalue weighted by atomic mass is 19.4. The van der Waals surface area contributed by atoms with Crippen LogP contribution in [0.2, 0.25) is 0 Å². The van der Waals surface area contributed by atoms with Gasteiger partial charge in [0.25, 0.3) is 11.8 Å². The van der Waals surface area contributed by atoms with E-state index in [4.69, 9.17) is 0 Å². The van der Waals surface area contributed by atoms with Gasteiger partial charge in [0.1, 0.15) is 12.1 Å². The Kier molecular flexibility index (Phi) is 4.03. The van der Waals surface area contributed by atoms with Crippen molar-refractivity contribution in [3.63, 3.8) is 0 Å². The zero-order valence-electron chi connectivity index (χ0n) is 10.1. The van der Waals surface area contributed by atoms with Crippen molar-refractivity contribution in [1.82, 2.24) is 15.7 Å². The van der Waals surface area contributed by atoms with Crippen LogP contribution in [0.15, 0.2) is 0 Å². The van der Waals surface area contributed by atoms with E-state index in [2.05, 4.69) is 10.2 Å². The Bertz CT molecular complexity index is 408. The molecule has 108 valence electrons. The van der Waals surface area contributed by atoms with Crippen LogP contribution in [-0.4, -0.2) is 47.6 Å². The summed E-state index contributed by atoms with van der Waals surface area (Å²) in [6, 6.07) is -0.791. The lowest BCUT2D eigenvalue weighted by molar-refractivity contribution is -0.192. The SMILES string of the molecule is CC1(C)NC(=O)N(CC(=O)NOCC(F)(F)F)C1=O. The third-order valence-electron chi connectivity index (χ3n) is 2.17. The Morgan fingerprint density at radius 1 is 1.42 bits per heavy atom. The third kappa shape index (κ3) is 4.09. The molecule has 1 aliphatic heterocycles. The van der Waals surface area contributed by atoms with Crippen molar-refractivity contribution < 1.29 is 32.4 Å². The van der Waals surface area contributed by atoms with Gasteiger partial charge in [0.2, 0.25) is 0 Å². The van der Waals surface area contributed by atoms with Crippen molar-refractivity contribution in [2.45, 2.75) is 25.6 Å². The molecule has 0 spiro atoms. The van der Waals surface area contributed by atoms with Gasteiger partial charge < -0.3 is 5.32 Å². The van der Waals surface area contributed by atoms with Crippen molar-refractivity contribution >= 4 is 17.8 Å². The molecule has 0 aromatic carbocycles. The van der Waals surface area contributed by atoms with Gasteiger partial charge in [-0.2, -0.15) is 13.2 Å². The minimum Gasteiger partial charge on any atom is -0.324 e. The van der Waals surface area contributed by atoms with Gasteiger partial charge in [-0.15, -0.1) is 0 Å². The first-order chi connectivity index (χ1) is 8.53. The van der Waals surface area contributed by atoms with E-state index in [1.54, 1.807) is 0 Å². The molecule has 1 heterocycles. The molecule has 0 aliphatic carbocycles. The average molecular weight is 283 g/mol. The molecule has 10 heteroatoms. The zero-order valence-corrected chi connectivity index (χ0v) is 10.1. The molecular weight excluding hydrogens is 271 g/mol. The molecule has 2 N–H and O–H groups in total. The van der Waals surface area contributed by atoms with Crippen LogP contribution in [0.5, 0.6) is 0 Å². The van der Waals surface area contributed by atoms with Crippen molar-refractivity contribution in [3.8, 4) is 0 Å². The fourth-order valence-corrected chi connectivity index (χ4v) is 1.34. The number of imide groups is 1. The average Bonchev–Trinajstić information content (AvgIpc) is 2.39. The fraction of sp³-hybridized carbons (Fsp3) is 0.667. The Labute approximate surface area is 106 Å². The van der Waals surface area contributed by atoms with Crippen LogP contribution < -0.4 is 10.8 Å². The van der Waals surface area contributed by atoms with Gasteiger partial charge in [0.05, 0.1) is 0 Å². The molecule has 0 bridgehead atoms. The molecule has 7 nitrogen and oxygen atoms in total. The highest BCUT2D eigenvalue weighted by Crippen LogP contribution is 2.16. The van der Waals surface area contributed by atoms with Gasteiger partial charge >= 0.3 is 12.2 Å². The van der Waals surface area contributed by atoms with Gasteiger partial charge in [0, 0.05) is 0 Å². The summed E-state index contributed by atoms with van der Waals surface area (Å²) in [5, 5.41) is 2.32. The van der Waals surface area contributed by atoms with Crippen molar-refractivity contribution in [2.24, 2.45) is 0 Å². The molecule has 0 saturated carbocycles. The predicted octanol–water partition coefficient (Wildman–Crippen LogP) is -0.0731. The van der Waals surface area contributed by atoms with Crippen molar-refractivity contribution in [2.75, 3.05) is 13.2 Å². The summed E-state index contributed by atoms with van der Waals surface area (Å²) in [5.41, 5.74) is 0.353. The standard InChI is InChI=1S/C9H12F3N3O4/c1-8(2)6(17)15(7(18)13-8)3-5(16)14-19-4-9(10,11)12/h3-4H2,1-2H3,(H,13,18)(H,14,16). The summed E-state index contributed by atoms with van der Waals surface area (Å²) in [6.07, 6.45) is -4.59. The lowest BCUT2D eigenvalue weighted by Crippen LogP contribution is -2.43. The number of rotatable bonds is 4. The lowest BCUT2D eigenvalue weighted by Gasteiger charge is -2.15. The second kappa shape index (κ2) is 5.03. The predicted molar refractivity (Wildman–Crippen MR) is 54.5 cm³/mol. The Morgan fingerprint density at radius 3 is 2.42 bits per heavy atom. The Morgan fingerprint density at radius 2 is 2.00 bits per heavy atom. The van der Waals surface area contributed by atoms with Crippen molar-refractivity contribution in [1.29, 1.82) is 0 Å². The van der Waals surface area contributed by atoms with Gasteiger partial charge in [0.15, 0.2) is 6.61 Å². The number of halogens is 3. The second-order valence-electron chi connectivity index (χ2n) is 4.38. The summed E-state index contributed by atoms with van der Waals surface area (Å²) in [5.74, 6) is -1.69. The van der Waals surface area contributed by atoms with E-state index < -0.39 is 42.7 Å². The van der Waals surface area contributed by atoms with Crippen LogP contribution in [0.4, 0.5) is 18.0 Å². The molecule has 1 aliphatic rings. The number of alkyl halides is 3. The largest absolute Gasteiger partial charge is 0.414 e. The maximum absolute atomic E-state index is 11.7. The molecule has 0 radical (unpaired) electrons. The quantitative estimate of drug-likeness (QED) is 0.558. The molecule has 0 unspecified atom stereocenters. The summed E-state index contributed by atoms with van der Waals surface area (Å²) in [6.45, 7) is 0.493. The number of amides is 4. The first-order valence-corrected chi connectivity index (χ1v) is 5.14. The number of carbonyl (C=O) groups is 3. The van der Waals surface area contributed by atoms with Gasteiger partial charge in [-0.1, -0.05) is 0 Å². The van der Waals surface area contributed by atoms with Crippen molar-refractivity contribution in [3.05, 3.63) is 0 Å². The van der Waals surface area contributed by atoms with Crippen LogP contribution in [0.3, 0.4) is 0 Å². The van der Waals surface area contributed by atoms with E-state index in [1.807, 2.05) is 0 Å². The number of hydrogen-bond donors (Lipinski definition) is 2. The minimum absolute atomic E-state index is 0.590. The van der Waals surface area contributed by atoms with Crippen LogP contribution in [-0.2, 0) is 14.4 Å². The molecule has 1 saturated heterocycles. The molecule has 1 fully saturated rings. The molecular formula is C9H12F3N3O4. The summed E-state index contributed by atoms with van der Waals surface area (Å²) >= 11 is 0. The van der Waals surface area contributed by atoms with Crippen LogP contribution in [0, 0.1) is 0 Å². The van der Waals surface area contributed by atoms with Gasteiger partial charge in [-0.25, -0.2) is 10.3 Å². The number of nitrogens with one attached hydrogen (secondary N) is 2. The maximum Gasteiger partial charge on any atom is 0.414 e. The molecule has 0 atom stereocenters. The van der Waals surface area contributed by atoms with Gasteiger partial charge in [-0.05, 0) is 13.8 Å². The highest BCUT2D eigenvalue weighted by molar-refractivity contribution is 6.08. The topological polar surface area (TPSA) is 87.7 Å². The van der Waals surface area contributed by atoms with Crippen LogP contribution in [0.25, 0.3) is 0 Å². The second-order valence-corrected chi connectivity index (χ2v) is 4.38. The summed E-state index contributed by atoms with van der Waals surface area (Å²) in [4.78, 5) is 38.7. The Hall–Kier alpha value is -1.84. The lowest BCUT2D eigenvalue weighted by atomic mass is 10.1. The molecule has 0 aromatic heterocycles. The van der Waals surface area contributed by atoms with Crippen LogP contribution >= 0.6 is 0 Å². The number of hydrogen-bond acceptors (Lipinski definition) is 4. The number of carbonyl (C=O) groups excluding carboxylic acids is 3. The number of nitrogens with zero attached hydrogens (tertiary/aromatic N) is 1. The van der Waals surface area contributed by atoms with E-state index in [0.717, 1.165) is 0 Å². The first-order valence-electron chi connectivity index (χ1n) is 5.14. The smallest absolute Gasteiger partial charge is 0.324 e. The number of hydroxylamine groups is 1. The van der Waals surface area contributed by atoms with Gasteiger partial charge in [-0.3, -0.25) is 19.3 Å². The number of urea groups is 1. The summed E-state index contributed by atoms with van der Waals surface area (Å²) in [7, 11) is 0. The van der Waals surface area contributed by atoms with E-state index in [-0.39, 0.29) is 0 Å². The van der Waals surface area contributed by atoms with E-state index in [0.29, 0.717) is 4.90 Å². The maximum atomic E-state index is 11.7. The molecule has 1 rings (SSSR count). The zero-order chi connectivity index (χ0) is 14.8. The van der Waals surface area contributed by atoms with Crippen LogP contribution in [0.1, 0.15) is 13.8 Å². The highest BCUT2D eigenvalue weighted by Gasteiger charge is 2.44. The van der Waals surface area contributed by atoms with E-state index >= 15 is 0 Å². The Balaban J connectivity index is 2.45. The minimum atomic E-state index is -4.59. The molecule has 19 heavy (non-hydrogen) atoms. The normalized spacial score (nSPS) is 18.5. The first kappa shape index (κ1) is 15.2. The van der Waals surface area contributed by atoms with E-state index in [1.165, 1.54) is 19.3 Å². The monoisotopic (exact) mass is 283 g/mol. The fourth-order valence-electron chi connectivity index (χ4n) is 1.34. The van der Waals surface area contributed by atoms with E-state index in [9.17, 15) is 27.6 Å².